The molecule has 0 aliphatic carbocycles. The van der Waals surface area contributed by atoms with Gasteiger partial charge in [0.1, 0.15) is 5.75 Å². The van der Waals surface area contributed by atoms with E-state index in [1.54, 1.807) is 26.0 Å². The van der Waals surface area contributed by atoms with Gasteiger partial charge in [0.25, 0.3) is 0 Å². The number of ether oxygens (including phenoxy) is 1. The molecule has 0 radical (unpaired) electrons. The Morgan fingerprint density at radius 1 is 1.07 bits per heavy atom. The molecule has 0 aliphatic heterocycles. The van der Waals surface area contributed by atoms with Crippen LogP contribution in [0.4, 0.5) is 0 Å². The van der Waals surface area contributed by atoms with E-state index in [-0.39, 0.29) is 23.1 Å². The topological polar surface area (TPSA) is 82.1 Å². The summed E-state index contributed by atoms with van der Waals surface area (Å²) in [5, 5.41) is 9.31. The molecule has 0 saturated carbocycles. The minimum atomic E-state index is -2.14. The summed E-state index contributed by atoms with van der Waals surface area (Å²) in [6.45, 7) is 12.9. The molecule has 0 fully saturated rings. The van der Waals surface area contributed by atoms with Gasteiger partial charge in [0, 0.05) is 0 Å². The van der Waals surface area contributed by atoms with Crippen LogP contribution in [0.15, 0.2) is 24.3 Å². The molecular weight excluding hydrogens is 367 g/mol. The molecule has 7 heteroatoms. The van der Waals surface area contributed by atoms with Crippen LogP contribution in [0.25, 0.3) is 0 Å². The summed E-state index contributed by atoms with van der Waals surface area (Å²) >= 11 is 0. The molecule has 0 aliphatic rings. The smallest absolute Gasteiger partial charge is 0.319 e. The lowest BCUT2D eigenvalue weighted by molar-refractivity contribution is -0.147. The van der Waals surface area contributed by atoms with E-state index in [4.69, 9.17) is 4.74 Å². The van der Waals surface area contributed by atoms with Gasteiger partial charge in [-0.3, -0.25) is 9.36 Å². The lowest BCUT2D eigenvalue weighted by atomic mass is 9.79. The van der Waals surface area contributed by atoms with Gasteiger partial charge in [0.05, 0.1) is 25.7 Å². The van der Waals surface area contributed by atoms with Crippen molar-refractivity contribution >= 4 is 14.2 Å². The van der Waals surface area contributed by atoms with E-state index in [1.807, 2.05) is 26.0 Å². The number of phenols is 1. The second-order valence-corrected chi connectivity index (χ2v) is 7.82. The molecule has 1 aromatic carbocycles. The molecule has 0 bridgehead atoms. The van der Waals surface area contributed by atoms with Crippen molar-refractivity contribution in [3.63, 3.8) is 0 Å². The van der Waals surface area contributed by atoms with Gasteiger partial charge in [-0.05, 0) is 56.7 Å². The van der Waals surface area contributed by atoms with Crippen LogP contribution < -0.4 is 0 Å². The zero-order chi connectivity index (χ0) is 20.9. The Morgan fingerprint density at radius 3 is 2.04 bits per heavy atom. The zero-order valence-electron chi connectivity index (χ0n) is 17.4. The Hall–Kier alpha value is -1.36. The maximum Gasteiger partial charge on any atom is 0.319 e. The van der Waals surface area contributed by atoms with E-state index in [2.05, 4.69) is 22.9 Å². The first-order chi connectivity index (χ1) is 12.7. The number of esters is 1. The number of carbonyl (C=O) groups excluding carboxylic acids is 1. The molecule has 1 unspecified atom stereocenters. The lowest BCUT2D eigenvalue weighted by Gasteiger charge is -2.26. The van der Waals surface area contributed by atoms with Crippen molar-refractivity contribution in [1.82, 2.24) is 0 Å². The molecule has 1 atom stereocenters. The van der Waals surface area contributed by atoms with Gasteiger partial charge in [-0.15, -0.1) is 0 Å². The Bertz CT molecular complexity index is 548. The van der Waals surface area contributed by atoms with E-state index in [0.717, 1.165) is 12.8 Å². The van der Waals surface area contributed by atoms with Crippen LogP contribution in [0.3, 0.4) is 0 Å². The average Bonchev–Trinajstić information content (AvgIpc) is 2.61. The van der Waals surface area contributed by atoms with Gasteiger partial charge in [0.2, 0.25) is 0 Å². The first-order valence-electron chi connectivity index (χ1n) is 9.43. The average molecular weight is 402 g/mol. The Morgan fingerprint density at radius 2 is 1.59 bits per heavy atom. The Labute approximate surface area is 164 Å². The summed E-state index contributed by atoms with van der Waals surface area (Å²) in [5.41, 5.74) is 1.15. The fraction of sp³-hybridized carbons (Fsp3) is 0.650. The third-order valence-corrected chi connectivity index (χ3v) is 5.11. The summed E-state index contributed by atoms with van der Waals surface area (Å²) in [4.78, 5) is 11.6. The molecule has 27 heavy (non-hydrogen) atoms. The van der Waals surface area contributed by atoms with Crippen LogP contribution in [0.5, 0.6) is 5.75 Å². The molecule has 1 N–H and O–H groups in total. The number of rotatable bonds is 10. The number of phenolic OH excluding ortho intramolecular Hbond substituents is 1. The van der Waals surface area contributed by atoms with Crippen molar-refractivity contribution in [2.24, 2.45) is 5.92 Å². The normalized spacial score (nSPS) is 12.3. The standard InChI is InChI=1S/C16H24O3.C4H11O3P/c1-5-19-15(18)12(2)10-11-16(3,4)13-6-8-14(17)9-7-13;1-3-6-8(5)7-4-2/h6-9,12,17H,5,10-11H2,1-4H3;8H,3-4H2,1-2H3. The third-order valence-electron chi connectivity index (χ3n) is 4.06. The summed E-state index contributed by atoms with van der Waals surface area (Å²) in [5.74, 6) is 0.0831. The lowest BCUT2D eigenvalue weighted by Crippen LogP contribution is -2.21. The highest BCUT2D eigenvalue weighted by molar-refractivity contribution is 7.33. The largest absolute Gasteiger partial charge is 0.508 e. The second-order valence-electron chi connectivity index (χ2n) is 6.74. The first kappa shape index (κ1) is 25.6. The number of carbonyl (C=O) groups is 1. The fourth-order valence-electron chi connectivity index (χ4n) is 2.31. The number of hydrogen-bond acceptors (Lipinski definition) is 6. The molecule has 156 valence electrons. The molecule has 1 rings (SSSR count). The molecule has 0 saturated heterocycles. The summed E-state index contributed by atoms with van der Waals surface area (Å²) in [6.07, 6.45) is 1.70. The van der Waals surface area contributed by atoms with E-state index >= 15 is 0 Å². The van der Waals surface area contributed by atoms with Crippen molar-refractivity contribution in [1.29, 1.82) is 0 Å². The molecule has 0 heterocycles. The summed E-state index contributed by atoms with van der Waals surface area (Å²) in [6, 6.07) is 7.27. The van der Waals surface area contributed by atoms with Crippen molar-refractivity contribution in [3.05, 3.63) is 29.8 Å². The quantitative estimate of drug-likeness (QED) is 0.433. The maximum atomic E-state index is 11.6. The van der Waals surface area contributed by atoms with Gasteiger partial charge in [0.15, 0.2) is 0 Å². The fourth-order valence-corrected chi connectivity index (χ4v) is 2.87. The van der Waals surface area contributed by atoms with Crippen molar-refractivity contribution in [3.8, 4) is 5.75 Å². The zero-order valence-corrected chi connectivity index (χ0v) is 18.4. The van der Waals surface area contributed by atoms with Crippen molar-refractivity contribution < 1.29 is 28.3 Å². The summed E-state index contributed by atoms with van der Waals surface area (Å²) < 4.78 is 24.6. The third kappa shape index (κ3) is 11.2. The van der Waals surface area contributed by atoms with Gasteiger partial charge in [-0.25, -0.2) is 0 Å². The van der Waals surface area contributed by atoms with Crippen molar-refractivity contribution in [2.75, 3.05) is 19.8 Å². The van der Waals surface area contributed by atoms with Crippen LogP contribution in [0.1, 0.15) is 59.9 Å². The second kappa shape index (κ2) is 13.8. The molecule has 1 aromatic rings. The van der Waals surface area contributed by atoms with Crippen molar-refractivity contribution in [2.45, 2.75) is 59.8 Å². The SMILES string of the molecule is CCOC(=O)C(C)CCC(C)(C)c1ccc(O)cc1.CCO[PH](=O)OCC. The van der Waals surface area contributed by atoms with Gasteiger partial charge in [-0.1, -0.05) is 32.9 Å². The maximum absolute atomic E-state index is 11.6. The number of hydrogen-bond donors (Lipinski definition) is 1. The molecular formula is C20H35O6P. The Balaban J connectivity index is 0.000000713. The van der Waals surface area contributed by atoms with Crippen LogP contribution in [0.2, 0.25) is 0 Å². The molecule has 6 nitrogen and oxygen atoms in total. The van der Waals surface area contributed by atoms with Gasteiger partial charge >= 0.3 is 14.2 Å². The molecule has 0 spiro atoms. The predicted molar refractivity (Wildman–Crippen MR) is 108 cm³/mol. The van der Waals surface area contributed by atoms with Crippen LogP contribution in [-0.4, -0.2) is 30.9 Å². The summed E-state index contributed by atoms with van der Waals surface area (Å²) in [7, 11) is -2.14. The highest BCUT2D eigenvalue weighted by Gasteiger charge is 2.23. The Kier molecular flexibility index (Phi) is 13.1. The predicted octanol–water partition coefficient (Wildman–Crippen LogP) is 5.10. The minimum absolute atomic E-state index is 0.0194. The van der Waals surface area contributed by atoms with E-state index in [9.17, 15) is 14.5 Å². The minimum Gasteiger partial charge on any atom is -0.508 e. The van der Waals surface area contributed by atoms with E-state index in [0.29, 0.717) is 19.8 Å². The first-order valence-corrected chi connectivity index (χ1v) is 10.7. The number of benzene rings is 1. The van der Waals surface area contributed by atoms with Gasteiger partial charge in [-0.2, -0.15) is 0 Å². The van der Waals surface area contributed by atoms with Crippen LogP contribution in [-0.2, 0) is 28.6 Å². The van der Waals surface area contributed by atoms with E-state index in [1.165, 1.54) is 5.56 Å². The van der Waals surface area contributed by atoms with Gasteiger partial charge < -0.3 is 18.9 Å². The van der Waals surface area contributed by atoms with Crippen LogP contribution in [0, 0.1) is 5.92 Å². The van der Waals surface area contributed by atoms with E-state index < -0.39 is 8.25 Å². The number of aromatic hydroxyl groups is 1. The highest BCUT2D eigenvalue weighted by atomic mass is 31.1. The highest BCUT2D eigenvalue weighted by Crippen LogP contribution is 2.31. The monoisotopic (exact) mass is 402 g/mol. The molecule has 0 amide bonds. The molecule has 0 aromatic heterocycles. The van der Waals surface area contributed by atoms with Crippen LogP contribution >= 0.6 is 8.25 Å².